The van der Waals surface area contributed by atoms with E-state index in [4.69, 9.17) is 4.42 Å². The molecule has 8 heteroatoms. The van der Waals surface area contributed by atoms with Gasteiger partial charge in [-0.25, -0.2) is 9.78 Å². The Balaban J connectivity index is 1.32. The molecule has 3 heterocycles. The minimum Gasteiger partial charge on any atom is -0.441 e. The maximum atomic E-state index is 13.1. The molecule has 0 radical (unpaired) electrons. The van der Waals surface area contributed by atoms with E-state index >= 15 is 0 Å². The average molecular weight is 496 g/mol. The van der Waals surface area contributed by atoms with Crippen molar-refractivity contribution in [2.24, 2.45) is 0 Å². The fourth-order valence-corrected chi connectivity index (χ4v) is 4.91. The first-order valence-electron chi connectivity index (χ1n) is 10.9. The van der Waals surface area contributed by atoms with E-state index in [1.165, 1.54) is 5.56 Å². The standard InChI is InChI=1S/C24H26BrN5O2/c1-16-15-26-23(32-16)17-3-5-19(6-4-17)27-24(31)30-8-7-18-13-20(25)22(14-21(18)30)29-11-9-28(2)10-12-29/h3-6,13-15H,7-12H2,1-2H3,(H,27,31). The lowest BCUT2D eigenvalue weighted by atomic mass is 10.1. The fraction of sp³-hybridized carbons (Fsp3) is 0.333. The molecule has 0 saturated carbocycles. The molecule has 3 aromatic rings. The number of halogens is 1. The molecule has 2 aliphatic heterocycles. The SMILES string of the molecule is Cc1cnc(-c2ccc(NC(=O)N3CCc4cc(Br)c(N5CCN(C)CC5)cc43)cc2)o1. The molecule has 1 saturated heterocycles. The zero-order valence-corrected chi connectivity index (χ0v) is 19.9. The molecule has 32 heavy (non-hydrogen) atoms. The van der Waals surface area contributed by atoms with Gasteiger partial charge >= 0.3 is 6.03 Å². The van der Waals surface area contributed by atoms with Crippen LogP contribution in [0.25, 0.3) is 11.5 Å². The minimum atomic E-state index is -0.116. The number of oxazole rings is 1. The molecule has 0 bridgehead atoms. The Kier molecular flexibility index (Phi) is 5.65. The van der Waals surface area contributed by atoms with Gasteiger partial charge in [0.1, 0.15) is 5.76 Å². The molecule has 166 valence electrons. The van der Waals surface area contributed by atoms with Gasteiger partial charge in [0.15, 0.2) is 0 Å². The summed E-state index contributed by atoms with van der Waals surface area (Å²) < 4.78 is 6.67. The van der Waals surface area contributed by atoms with Crippen molar-refractivity contribution >= 4 is 39.0 Å². The quantitative estimate of drug-likeness (QED) is 0.567. The van der Waals surface area contributed by atoms with Crippen molar-refractivity contribution in [1.82, 2.24) is 9.88 Å². The molecule has 0 unspecified atom stereocenters. The number of nitrogens with zero attached hydrogens (tertiary/aromatic N) is 4. The lowest BCUT2D eigenvalue weighted by Gasteiger charge is -2.35. The molecule has 0 spiro atoms. The van der Waals surface area contributed by atoms with Gasteiger partial charge in [0.05, 0.1) is 17.6 Å². The van der Waals surface area contributed by atoms with E-state index in [9.17, 15) is 4.79 Å². The van der Waals surface area contributed by atoms with Crippen molar-refractivity contribution < 1.29 is 9.21 Å². The number of aromatic nitrogens is 1. The number of nitrogens with one attached hydrogen (secondary N) is 1. The van der Waals surface area contributed by atoms with Gasteiger partial charge < -0.3 is 19.5 Å². The Morgan fingerprint density at radius 1 is 1.06 bits per heavy atom. The number of anilines is 3. The topological polar surface area (TPSA) is 64.9 Å². The van der Waals surface area contributed by atoms with E-state index < -0.39 is 0 Å². The second kappa shape index (κ2) is 8.60. The van der Waals surface area contributed by atoms with E-state index in [1.807, 2.05) is 36.1 Å². The number of amides is 2. The Hall–Kier alpha value is -2.84. The van der Waals surface area contributed by atoms with Crippen LogP contribution in [0.2, 0.25) is 0 Å². The Labute approximate surface area is 196 Å². The molecule has 1 fully saturated rings. The highest BCUT2D eigenvalue weighted by Crippen LogP contribution is 2.38. The van der Waals surface area contributed by atoms with Crippen LogP contribution < -0.4 is 15.1 Å². The summed E-state index contributed by atoms with van der Waals surface area (Å²) in [5.41, 5.74) is 4.96. The van der Waals surface area contributed by atoms with E-state index in [0.29, 0.717) is 12.4 Å². The van der Waals surface area contributed by atoms with Gasteiger partial charge in [0.2, 0.25) is 5.89 Å². The lowest BCUT2D eigenvalue weighted by Crippen LogP contribution is -2.44. The van der Waals surface area contributed by atoms with Gasteiger partial charge in [-0.3, -0.25) is 4.90 Å². The third-order valence-electron chi connectivity index (χ3n) is 6.14. The van der Waals surface area contributed by atoms with Crippen LogP contribution in [0, 0.1) is 6.92 Å². The monoisotopic (exact) mass is 495 g/mol. The number of aryl methyl sites for hydroxylation is 1. The minimum absolute atomic E-state index is 0.116. The van der Waals surface area contributed by atoms with Gasteiger partial charge in [-0.2, -0.15) is 0 Å². The maximum Gasteiger partial charge on any atom is 0.326 e. The fourth-order valence-electron chi connectivity index (χ4n) is 4.27. The molecule has 2 amide bonds. The third-order valence-corrected chi connectivity index (χ3v) is 6.77. The number of fused-ring (bicyclic) bond motifs is 1. The number of benzene rings is 2. The number of rotatable bonds is 3. The van der Waals surface area contributed by atoms with E-state index in [1.54, 1.807) is 6.20 Å². The summed E-state index contributed by atoms with van der Waals surface area (Å²) >= 11 is 3.75. The number of likely N-dealkylation sites (N-methyl/N-ethyl adjacent to an activating group) is 1. The Morgan fingerprint density at radius 2 is 1.81 bits per heavy atom. The molecule has 2 aromatic carbocycles. The summed E-state index contributed by atoms with van der Waals surface area (Å²) in [5.74, 6) is 1.35. The van der Waals surface area contributed by atoms with Crippen molar-refractivity contribution in [3.8, 4) is 11.5 Å². The summed E-state index contributed by atoms with van der Waals surface area (Å²) in [6.45, 7) is 6.58. The Morgan fingerprint density at radius 3 is 2.50 bits per heavy atom. The van der Waals surface area contributed by atoms with Gasteiger partial charge in [0.25, 0.3) is 0 Å². The zero-order chi connectivity index (χ0) is 22.2. The zero-order valence-electron chi connectivity index (χ0n) is 18.3. The molecule has 2 aliphatic rings. The normalized spacial score (nSPS) is 16.3. The maximum absolute atomic E-state index is 13.1. The Bertz CT molecular complexity index is 1140. The van der Waals surface area contributed by atoms with Crippen molar-refractivity contribution in [1.29, 1.82) is 0 Å². The van der Waals surface area contributed by atoms with Crippen LogP contribution in [-0.2, 0) is 6.42 Å². The molecule has 0 atom stereocenters. The van der Waals surface area contributed by atoms with Gasteiger partial charge in [-0.15, -0.1) is 0 Å². The van der Waals surface area contributed by atoms with E-state index in [-0.39, 0.29) is 6.03 Å². The van der Waals surface area contributed by atoms with Crippen LogP contribution in [0.3, 0.4) is 0 Å². The second-order valence-corrected chi connectivity index (χ2v) is 9.26. The summed E-state index contributed by atoms with van der Waals surface area (Å²) in [4.78, 5) is 23.9. The van der Waals surface area contributed by atoms with Crippen LogP contribution in [-0.4, -0.2) is 55.7 Å². The molecular weight excluding hydrogens is 470 g/mol. The van der Waals surface area contributed by atoms with Gasteiger partial charge in [0, 0.05) is 48.4 Å². The molecule has 1 aromatic heterocycles. The van der Waals surface area contributed by atoms with Crippen LogP contribution >= 0.6 is 15.9 Å². The smallest absolute Gasteiger partial charge is 0.326 e. The number of hydrogen-bond acceptors (Lipinski definition) is 5. The molecule has 0 aliphatic carbocycles. The summed E-state index contributed by atoms with van der Waals surface area (Å²) in [6, 6.07) is 11.8. The number of hydrogen-bond donors (Lipinski definition) is 1. The summed E-state index contributed by atoms with van der Waals surface area (Å²) in [5, 5.41) is 3.03. The third kappa shape index (κ3) is 4.12. The first kappa shape index (κ1) is 21.0. The lowest BCUT2D eigenvalue weighted by molar-refractivity contribution is 0.257. The van der Waals surface area contributed by atoms with Gasteiger partial charge in [-0.1, -0.05) is 0 Å². The first-order valence-corrected chi connectivity index (χ1v) is 11.6. The van der Waals surface area contributed by atoms with E-state index in [2.05, 4.69) is 55.2 Å². The number of piperazine rings is 1. The number of urea groups is 1. The van der Waals surface area contributed by atoms with Crippen molar-refractivity contribution in [3.63, 3.8) is 0 Å². The van der Waals surface area contributed by atoms with Crippen molar-refractivity contribution in [2.45, 2.75) is 13.3 Å². The van der Waals surface area contributed by atoms with Crippen LogP contribution in [0.5, 0.6) is 0 Å². The summed E-state index contributed by atoms with van der Waals surface area (Å²) in [7, 11) is 2.15. The van der Waals surface area contributed by atoms with Crippen molar-refractivity contribution in [2.75, 3.05) is 54.9 Å². The number of carbonyl (C=O) groups is 1. The molecule has 7 nitrogen and oxygen atoms in total. The first-order chi connectivity index (χ1) is 15.5. The van der Waals surface area contributed by atoms with Crippen LogP contribution in [0.15, 0.2) is 51.5 Å². The van der Waals surface area contributed by atoms with Crippen molar-refractivity contribution in [3.05, 3.63) is 58.4 Å². The highest BCUT2D eigenvalue weighted by atomic mass is 79.9. The highest BCUT2D eigenvalue weighted by molar-refractivity contribution is 9.10. The van der Waals surface area contributed by atoms with E-state index in [0.717, 1.165) is 65.5 Å². The molecule has 1 N–H and O–H groups in total. The summed E-state index contributed by atoms with van der Waals surface area (Å²) in [6.07, 6.45) is 2.55. The number of carbonyl (C=O) groups excluding carboxylic acids is 1. The predicted molar refractivity (Wildman–Crippen MR) is 131 cm³/mol. The predicted octanol–water partition coefficient (Wildman–Crippen LogP) is 4.76. The van der Waals surface area contributed by atoms with Gasteiger partial charge in [-0.05, 0) is 78.3 Å². The molecular formula is C24H26BrN5O2. The average Bonchev–Trinajstić information content (AvgIpc) is 3.40. The second-order valence-electron chi connectivity index (χ2n) is 8.41. The molecule has 5 rings (SSSR count). The van der Waals surface area contributed by atoms with Crippen LogP contribution in [0.1, 0.15) is 11.3 Å². The highest BCUT2D eigenvalue weighted by Gasteiger charge is 2.28. The largest absolute Gasteiger partial charge is 0.441 e. The van der Waals surface area contributed by atoms with Crippen LogP contribution in [0.4, 0.5) is 21.9 Å².